The lowest BCUT2D eigenvalue weighted by Gasteiger charge is -2.14. The molecule has 20 heavy (non-hydrogen) atoms. The molecule has 3 nitrogen and oxygen atoms in total. The first-order valence-electron chi connectivity index (χ1n) is 6.67. The summed E-state index contributed by atoms with van der Waals surface area (Å²) in [4.78, 5) is 4.29. The van der Waals surface area contributed by atoms with Gasteiger partial charge in [0, 0.05) is 23.3 Å². The summed E-state index contributed by atoms with van der Waals surface area (Å²) in [5, 5.41) is 3.09. The third-order valence-electron chi connectivity index (χ3n) is 2.97. The van der Waals surface area contributed by atoms with Gasteiger partial charge >= 0.3 is 0 Å². The van der Waals surface area contributed by atoms with Crippen LogP contribution in [0.15, 0.2) is 41.0 Å². The summed E-state index contributed by atoms with van der Waals surface area (Å²) in [5.41, 5.74) is 2.15. The van der Waals surface area contributed by atoms with Crippen LogP contribution in [-0.2, 0) is 6.54 Å². The van der Waals surface area contributed by atoms with Crippen molar-refractivity contribution in [3.05, 3.63) is 52.3 Å². The van der Waals surface area contributed by atoms with Gasteiger partial charge in [0.1, 0.15) is 11.5 Å². The van der Waals surface area contributed by atoms with Crippen molar-refractivity contribution in [2.75, 3.05) is 7.05 Å². The van der Waals surface area contributed by atoms with Gasteiger partial charge in [-0.25, -0.2) is 0 Å². The summed E-state index contributed by atoms with van der Waals surface area (Å²) in [5.74, 6) is 2.11. The van der Waals surface area contributed by atoms with Crippen LogP contribution < -0.4 is 10.1 Å². The van der Waals surface area contributed by atoms with Gasteiger partial charge in [-0.05, 0) is 42.8 Å². The Bertz CT molecular complexity index is 584. The number of aromatic nitrogens is 1. The van der Waals surface area contributed by atoms with Gasteiger partial charge in [-0.3, -0.25) is 4.98 Å². The van der Waals surface area contributed by atoms with E-state index in [2.05, 4.69) is 46.1 Å². The van der Waals surface area contributed by atoms with Crippen molar-refractivity contribution >= 4 is 15.9 Å². The normalized spacial score (nSPS) is 10.8. The van der Waals surface area contributed by atoms with Crippen molar-refractivity contribution in [1.82, 2.24) is 10.3 Å². The maximum atomic E-state index is 6.02. The van der Waals surface area contributed by atoms with E-state index >= 15 is 0 Å². The van der Waals surface area contributed by atoms with Crippen LogP contribution in [0.4, 0.5) is 0 Å². The molecule has 4 heteroatoms. The number of halogens is 1. The summed E-state index contributed by atoms with van der Waals surface area (Å²) in [7, 11) is 1.90. The second kappa shape index (κ2) is 6.86. The van der Waals surface area contributed by atoms with E-state index in [0.717, 1.165) is 28.2 Å². The third-order valence-corrected chi connectivity index (χ3v) is 3.46. The highest BCUT2D eigenvalue weighted by molar-refractivity contribution is 9.10. The molecule has 0 bridgehead atoms. The Morgan fingerprint density at radius 3 is 2.75 bits per heavy atom. The smallest absolute Gasteiger partial charge is 0.130 e. The van der Waals surface area contributed by atoms with E-state index in [-0.39, 0.29) is 0 Å². The molecule has 106 valence electrons. The number of nitrogens with zero attached hydrogens (tertiary/aromatic N) is 1. The van der Waals surface area contributed by atoms with E-state index in [9.17, 15) is 0 Å². The van der Waals surface area contributed by atoms with Crippen LogP contribution >= 0.6 is 15.9 Å². The van der Waals surface area contributed by atoms with Crippen molar-refractivity contribution in [2.24, 2.45) is 0 Å². The van der Waals surface area contributed by atoms with Crippen molar-refractivity contribution in [2.45, 2.75) is 26.3 Å². The minimum absolute atomic E-state index is 0.404. The molecule has 0 radical (unpaired) electrons. The highest BCUT2D eigenvalue weighted by Crippen LogP contribution is 2.32. The number of nitrogens with one attached hydrogen (secondary N) is 1. The predicted molar refractivity (Wildman–Crippen MR) is 85.3 cm³/mol. The molecule has 2 rings (SSSR count). The van der Waals surface area contributed by atoms with Crippen molar-refractivity contribution in [1.29, 1.82) is 0 Å². The number of rotatable bonds is 5. The summed E-state index contributed by atoms with van der Waals surface area (Å²) in [6.07, 6.45) is 1.77. The molecule has 0 aliphatic rings. The number of pyridine rings is 1. The zero-order valence-electron chi connectivity index (χ0n) is 12.0. The molecule has 0 fully saturated rings. The van der Waals surface area contributed by atoms with E-state index in [1.165, 1.54) is 5.56 Å². The average Bonchev–Trinajstić information content (AvgIpc) is 2.41. The molecule has 0 aliphatic heterocycles. The van der Waals surface area contributed by atoms with Gasteiger partial charge in [0.2, 0.25) is 0 Å². The van der Waals surface area contributed by atoms with Gasteiger partial charge in [0.05, 0.1) is 5.69 Å². The van der Waals surface area contributed by atoms with Gasteiger partial charge in [-0.1, -0.05) is 29.8 Å². The van der Waals surface area contributed by atoms with Crippen molar-refractivity contribution in [3.63, 3.8) is 0 Å². The monoisotopic (exact) mass is 334 g/mol. The zero-order valence-corrected chi connectivity index (χ0v) is 13.6. The molecule has 0 aliphatic carbocycles. The molecule has 0 unspecified atom stereocenters. The molecule has 1 heterocycles. The standard InChI is InChI=1S/C16H19BrN2O/c1-11(2)15-8-12(17)4-5-16(15)20-14-6-7-19-13(9-14)10-18-3/h4-9,11,18H,10H2,1-3H3. The second-order valence-corrected chi connectivity index (χ2v) is 5.87. The Morgan fingerprint density at radius 1 is 1.25 bits per heavy atom. The zero-order chi connectivity index (χ0) is 14.5. The Balaban J connectivity index is 2.27. The van der Waals surface area contributed by atoms with Crippen LogP contribution in [0.3, 0.4) is 0 Å². The number of ether oxygens (including phenoxy) is 1. The molecule has 0 saturated heterocycles. The fourth-order valence-electron chi connectivity index (χ4n) is 1.99. The van der Waals surface area contributed by atoms with E-state index in [4.69, 9.17) is 4.74 Å². The molecule has 2 aromatic rings. The van der Waals surface area contributed by atoms with Crippen LogP contribution in [0.25, 0.3) is 0 Å². The highest BCUT2D eigenvalue weighted by atomic mass is 79.9. The van der Waals surface area contributed by atoms with Crippen LogP contribution in [0, 0.1) is 0 Å². The summed E-state index contributed by atoms with van der Waals surface area (Å²) >= 11 is 3.51. The molecule has 0 amide bonds. The lowest BCUT2D eigenvalue weighted by atomic mass is 10.0. The summed E-state index contributed by atoms with van der Waals surface area (Å²) < 4.78 is 7.09. The Kier molecular flexibility index (Phi) is 5.15. The molecule has 0 saturated carbocycles. The van der Waals surface area contributed by atoms with E-state index < -0.39 is 0 Å². The third kappa shape index (κ3) is 3.81. The fourth-order valence-corrected chi connectivity index (χ4v) is 2.37. The number of benzene rings is 1. The lowest BCUT2D eigenvalue weighted by Crippen LogP contribution is -2.06. The fraction of sp³-hybridized carbons (Fsp3) is 0.312. The Labute approximate surface area is 128 Å². The molecule has 0 atom stereocenters. The second-order valence-electron chi connectivity index (χ2n) is 4.95. The Hall–Kier alpha value is -1.39. The maximum absolute atomic E-state index is 6.02. The highest BCUT2D eigenvalue weighted by Gasteiger charge is 2.10. The predicted octanol–water partition coefficient (Wildman–Crippen LogP) is 4.48. The largest absolute Gasteiger partial charge is 0.457 e. The minimum atomic E-state index is 0.404. The Morgan fingerprint density at radius 2 is 2.05 bits per heavy atom. The average molecular weight is 335 g/mol. The van der Waals surface area contributed by atoms with Crippen molar-refractivity contribution < 1.29 is 4.74 Å². The molecular weight excluding hydrogens is 316 g/mol. The van der Waals surface area contributed by atoms with Crippen LogP contribution in [-0.4, -0.2) is 12.0 Å². The summed E-state index contributed by atoms with van der Waals surface area (Å²) in [6.45, 7) is 5.05. The van der Waals surface area contributed by atoms with Crippen molar-refractivity contribution in [3.8, 4) is 11.5 Å². The van der Waals surface area contributed by atoms with Gasteiger partial charge in [0.25, 0.3) is 0 Å². The van der Waals surface area contributed by atoms with Gasteiger partial charge in [-0.15, -0.1) is 0 Å². The van der Waals surface area contributed by atoms with E-state index in [1.54, 1.807) is 6.20 Å². The lowest BCUT2D eigenvalue weighted by molar-refractivity contribution is 0.471. The first-order valence-corrected chi connectivity index (χ1v) is 7.46. The molecule has 1 aromatic carbocycles. The molecular formula is C16H19BrN2O. The first-order chi connectivity index (χ1) is 9.60. The van der Waals surface area contributed by atoms with Crippen LogP contribution in [0.5, 0.6) is 11.5 Å². The molecule has 1 N–H and O–H groups in total. The van der Waals surface area contributed by atoms with Crippen LogP contribution in [0.1, 0.15) is 31.0 Å². The quantitative estimate of drug-likeness (QED) is 0.875. The van der Waals surface area contributed by atoms with Gasteiger partial charge in [0.15, 0.2) is 0 Å². The van der Waals surface area contributed by atoms with E-state index in [1.807, 2.05) is 31.3 Å². The maximum Gasteiger partial charge on any atom is 0.130 e. The first kappa shape index (κ1) is 15.0. The van der Waals surface area contributed by atoms with Crippen LogP contribution in [0.2, 0.25) is 0 Å². The van der Waals surface area contributed by atoms with Gasteiger partial charge in [-0.2, -0.15) is 0 Å². The number of hydrogen-bond acceptors (Lipinski definition) is 3. The van der Waals surface area contributed by atoms with Gasteiger partial charge < -0.3 is 10.1 Å². The SMILES string of the molecule is CNCc1cc(Oc2ccc(Br)cc2C(C)C)ccn1. The molecule has 0 spiro atoms. The minimum Gasteiger partial charge on any atom is -0.457 e. The van der Waals surface area contributed by atoms with E-state index in [0.29, 0.717) is 5.92 Å². The topological polar surface area (TPSA) is 34.1 Å². The number of hydrogen-bond donors (Lipinski definition) is 1. The molecule has 1 aromatic heterocycles. The summed E-state index contributed by atoms with van der Waals surface area (Å²) in [6, 6.07) is 9.94.